The molecule has 0 atom stereocenters. The van der Waals surface area contributed by atoms with Crippen LogP contribution in [-0.4, -0.2) is 42.2 Å². The Morgan fingerprint density at radius 3 is 2.75 bits per heavy atom. The van der Waals surface area contributed by atoms with Crippen molar-refractivity contribution in [2.24, 2.45) is 5.92 Å². The molecule has 0 spiro atoms. The van der Waals surface area contributed by atoms with E-state index in [4.69, 9.17) is 9.84 Å². The van der Waals surface area contributed by atoms with E-state index in [1.807, 2.05) is 6.92 Å². The summed E-state index contributed by atoms with van der Waals surface area (Å²) in [4.78, 5) is 14.1. The number of hydrogen-bond donors (Lipinski definition) is 1. The van der Waals surface area contributed by atoms with Gasteiger partial charge in [0.25, 0.3) is 5.91 Å². The zero-order valence-electron chi connectivity index (χ0n) is 11.6. The third-order valence-corrected chi connectivity index (χ3v) is 3.68. The molecule has 0 radical (unpaired) electrons. The predicted molar refractivity (Wildman–Crippen MR) is 73.2 cm³/mol. The van der Waals surface area contributed by atoms with Gasteiger partial charge in [-0.1, -0.05) is 0 Å². The number of phenolic OH excluding ortho intramolecular Hbond substituents is 1. The van der Waals surface area contributed by atoms with Crippen molar-refractivity contribution in [2.45, 2.75) is 19.8 Å². The first-order valence-electron chi connectivity index (χ1n) is 6.97. The van der Waals surface area contributed by atoms with Crippen LogP contribution < -0.4 is 0 Å². The third kappa shape index (κ3) is 3.48. The standard InChI is InChI=1S/C15H20FNO3/c1-2-17(10-11-5-7-20-8-6-11)15(19)12-3-4-14(18)13(16)9-12/h3-4,9,11,18H,2,5-8,10H2,1H3. The monoisotopic (exact) mass is 281 g/mol. The number of nitrogens with zero attached hydrogens (tertiary/aromatic N) is 1. The van der Waals surface area contributed by atoms with Crippen LogP contribution in [0.1, 0.15) is 30.1 Å². The molecule has 1 aromatic rings. The second kappa shape index (κ2) is 6.70. The fourth-order valence-electron chi connectivity index (χ4n) is 2.42. The maximum atomic E-state index is 13.3. The Hall–Kier alpha value is -1.62. The minimum Gasteiger partial charge on any atom is -0.505 e. The van der Waals surface area contributed by atoms with Crippen molar-refractivity contribution < 1.29 is 19.0 Å². The molecule has 0 saturated carbocycles. The van der Waals surface area contributed by atoms with Crippen LogP contribution >= 0.6 is 0 Å². The van der Waals surface area contributed by atoms with Crippen molar-refractivity contribution >= 4 is 5.91 Å². The molecule has 1 fully saturated rings. The van der Waals surface area contributed by atoms with Gasteiger partial charge in [-0.15, -0.1) is 0 Å². The number of benzene rings is 1. The normalized spacial score (nSPS) is 16.1. The number of amides is 1. The van der Waals surface area contributed by atoms with Crippen molar-refractivity contribution in [1.29, 1.82) is 0 Å². The molecule has 20 heavy (non-hydrogen) atoms. The number of hydrogen-bond acceptors (Lipinski definition) is 3. The van der Waals surface area contributed by atoms with Crippen molar-refractivity contribution in [2.75, 3.05) is 26.3 Å². The van der Waals surface area contributed by atoms with E-state index in [9.17, 15) is 9.18 Å². The van der Waals surface area contributed by atoms with E-state index >= 15 is 0 Å². The van der Waals surface area contributed by atoms with Gasteiger partial charge in [0.05, 0.1) is 0 Å². The van der Waals surface area contributed by atoms with Crippen molar-refractivity contribution in [1.82, 2.24) is 4.90 Å². The molecule has 4 nitrogen and oxygen atoms in total. The largest absolute Gasteiger partial charge is 0.505 e. The fraction of sp³-hybridized carbons (Fsp3) is 0.533. The smallest absolute Gasteiger partial charge is 0.253 e. The summed E-state index contributed by atoms with van der Waals surface area (Å²) in [6.07, 6.45) is 1.90. The lowest BCUT2D eigenvalue weighted by Crippen LogP contribution is -2.37. The Bertz CT molecular complexity index is 472. The summed E-state index contributed by atoms with van der Waals surface area (Å²) < 4.78 is 18.6. The highest BCUT2D eigenvalue weighted by Gasteiger charge is 2.21. The first kappa shape index (κ1) is 14.8. The summed E-state index contributed by atoms with van der Waals surface area (Å²) in [5.41, 5.74) is 0.272. The van der Waals surface area contributed by atoms with Gasteiger partial charge in [-0.2, -0.15) is 0 Å². The van der Waals surface area contributed by atoms with Crippen LogP contribution in [0.4, 0.5) is 4.39 Å². The van der Waals surface area contributed by atoms with Gasteiger partial charge in [0, 0.05) is 31.9 Å². The van der Waals surface area contributed by atoms with Crippen molar-refractivity contribution in [3.05, 3.63) is 29.6 Å². The number of carbonyl (C=O) groups excluding carboxylic acids is 1. The summed E-state index contributed by atoms with van der Waals surface area (Å²) in [5.74, 6) is -0.959. The lowest BCUT2D eigenvalue weighted by molar-refractivity contribution is 0.0466. The zero-order valence-corrected chi connectivity index (χ0v) is 11.6. The van der Waals surface area contributed by atoms with Gasteiger partial charge in [0.15, 0.2) is 11.6 Å². The number of phenols is 1. The third-order valence-electron chi connectivity index (χ3n) is 3.68. The van der Waals surface area contributed by atoms with E-state index in [1.54, 1.807) is 4.90 Å². The van der Waals surface area contributed by atoms with E-state index in [2.05, 4.69) is 0 Å². The molecule has 1 amide bonds. The molecule has 110 valence electrons. The average Bonchev–Trinajstić information content (AvgIpc) is 2.48. The molecule has 1 aliphatic heterocycles. The SMILES string of the molecule is CCN(CC1CCOCC1)C(=O)c1ccc(O)c(F)c1. The minimum atomic E-state index is -0.766. The van der Waals surface area contributed by atoms with Crippen molar-refractivity contribution in [3.8, 4) is 5.75 Å². The summed E-state index contributed by atoms with van der Waals surface area (Å²) in [5, 5.41) is 9.17. The number of aromatic hydroxyl groups is 1. The molecule has 1 N–H and O–H groups in total. The van der Waals surface area contributed by atoms with E-state index in [0.29, 0.717) is 19.0 Å². The van der Waals surface area contributed by atoms with Crippen LogP contribution in [0.3, 0.4) is 0 Å². The lowest BCUT2D eigenvalue weighted by atomic mass is 9.99. The topological polar surface area (TPSA) is 49.8 Å². The number of rotatable bonds is 4. The van der Waals surface area contributed by atoms with E-state index in [1.165, 1.54) is 12.1 Å². The van der Waals surface area contributed by atoms with Crippen LogP contribution in [0.25, 0.3) is 0 Å². The van der Waals surface area contributed by atoms with Crippen molar-refractivity contribution in [3.63, 3.8) is 0 Å². The Morgan fingerprint density at radius 2 is 2.15 bits per heavy atom. The van der Waals surface area contributed by atoms with Gasteiger partial charge in [0.2, 0.25) is 0 Å². The number of ether oxygens (including phenoxy) is 1. The highest BCUT2D eigenvalue weighted by molar-refractivity contribution is 5.94. The summed E-state index contributed by atoms with van der Waals surface area (Å²) in [6, 6.07) is 3.75. The average molecular weight is 281 g/mol. The highest BCUT2D eigenvalue weighted by atomic mass is 19.1. The van der Waals surface area contributed by atoms with Gasteiger partial charge in [-0.3, -0.25) is 4.79 Å². The maximum absolute atomic E-state index is 13.3. The Balaban J connectivity index is 2.05. The van der Waals surface area contributed by atoms with Gasteiger partial charge < -0.3 is 14.7 Å². The molecular weight excluding hydrogens is 261 g/mol. The summed E-state index contributed by atoms with van der Waals surface area (Å²) >= 11 is 0. The molecule has 1 saturated heterocycles. The lowest BCUT2D eigenvalue weighted by Gasteiger charge is -2.29. The molecule has 1 aliphatic rings. The first-order chi connectivity index (χ1) is 9.61. The van der Waals surface area contributed by atoms with Gasteiger partial charge in [-0.05, 0) is 43.9 Å². The predicted octanol–water partition coefficient (Wildman–Crippen LogP) is 2.42. The fourth-order valence-corrected chi connectivity index (χ4v) is 2.42. The van der Waals surface area contributed by atoms with E-state index in [0.717, 1.165) is 32.1 Å². The number of carbonyl (C=O) groups is 1. The molecule has 0 bridgehead atoms. The molecule has 5 heteroatoms. The van der Waals surface area contributed by atoms with E-state index < -0.39 is 11.6 Å². The second-order valence-electron chi connectivity index (χ2n) is 5.07. The Labute approximate surface area is 118 Å². The Morgan fingerprint density at radius 1 is 1.45 bits per heavy atom. The van der Waals surface area contributed by atoms with Crippen LogP contribution in [0.2, 0.25) is 0 Å². The zero-order chi connectivity index (χ0) is 14.5. The molecule has 2 rings (SSSR count). The molecule has 1 aromatic carbocycles. The van der Waals surface area contributed by atoms with Crippen LogP contribution in [0, 0.1) is 11.7 Å². The molecule has 0 aromatic heterocycles. The van der Waals surface area contributed by atoms with Gasteiger partial charge in [0.1, 0.15) is 0 Å². The van der Waals surface area contributed by atoms with E-state index in [-0.39, 0.29) is 11.5 Å². The second-order valence-corrected chi connectivity index (χ2v) is 5.07. The quantitative estimate of drug-likeness (QED) is 0.922. The van der Waals surface area contributed by atoms with Gasteiger partial charge in [-0.25, -0.2) is 4.39 Å². The van der Waals surface area contributed by atoms with Crippen LogP contribution in [-0.2, 0) is 4.74 Å². The maximum Gasteiger partial charge on any atom is 0.253 e. The summed E-state index contributed by atoms with van der Waals surface area (Å²) in [6.45, 7) is 4.64. The molecule has 0 aliphatic carbocycles. The minimum absolute atomic E-state index is 0.196. The summed E-state index contributed by atoms with van der Waals surface area (Å²) in [7, 11) is 0. The first-order valence-corrected chi connectivity index (χ1v) is 6.97. The van der Waals surface area contributed by atoms with Crippen LogP contribution in [0.15, 0.2) is 18.2 Å². The molecular formula is C15H20FNO3. The van der Waals surface area contributed by atoms with Gasteiger partial charge >= 0.3 is 0 Å². The molecule has 1 heterocycles. The van der Waals surface area contributed by atoms with Crippen LogP contribution in [0.5, 0.6) is 5.75 Å². The highest BCUT2D eigenvalue weighted by Crippen LogP contribution is 2.20. The number of halogens is 1. The molecule has 0 unspecified atom stereocenters. The Kier molecular flexibility index (Phi) is 4.95.